The Labute approximate surface area is 131 Å². The van der Waals surface area contributed by atoms with Gasteiger partial charge in [0.2, 0.25) is 0 Å². The van der Waals surface area contributed by atoms with Crippen molar-refractivity contribution in [1.29, 1.82) is 0 Å². The highest BCUT2D eigenvalue weighted by molar-refractivity contribution is 7.85. The molecule has 2 aromatic rings. The number of nitrogens with zero attached hydrogens (tertiary/aromatic N) is 1. The van der Waals surface area contributed by atoms with E-state index in [0.29, 0.717) is 16.1 Å². The summed E-state index contributed by atoms with van der Waals surface area (Å²) in [5, 5.41) is 10.9. The summed E-state index contributed by atoms with van der Waals surface area (Å²) in [6, 6.07) is 9.61. The van der Waals surface area contributed by atoms with E-state index in [9.17, 15) is 18.5 Å². The molecule has 0 spiro atoms. The number of non-ortho nitro benzene ring substituents is 1. The third-order valence-corrected chi connectivity index (χ3v) is 4.02. The Morgan fingerprint density at radius 1 is 1.09 bits per heavy atom. The third kappa shape index (κ3) is 3.91. The van der Waals surface area contributed by atoms with Crippen molar-refractivity contribution in [1.82, 2.24) is 0 Å². The molecule has 0 amide bonds. The van der Waals surface area contributed by atoms with Gasteiger partial charge in [-0.1, -0.05) is 23.8 Å². The predicted molar refractivity (Wildman–Crippen MR) is 83.3 cm³/mol. The van der Waals surface area contributed by atoms with Crippen molar-refractivity contribution >= 4 is 39.6 Å². The summed E-state index contributed by atoms with van der Waals surface area (Å²) >= 11 is 5.96. The highest BCUT2D eigenvalue weighted by Gasteiger charge is 2.11. The lowest BCUT2D eigenvalue weighted by molar-refractivity contribution is -0.384. The standard InChI is InChI=1S/C14H10ClNO5S/c15-14-8-7-13(22(19,20)21)9-11(14)4-1-10-2-5-12(6-3-10)16(17)18/h1-9H,(H,19,20,21). The molecule has 2 rings (SSSR count). The molecule has 0 unspecified atom stereocenters. The molecule has 114 valence electrons. The summed E-state index contributed by atoms with van der Waals surface area (Å²) < 4.78 is 31.2. The Morgan fingerprint density at radius 2 is 1.73 bits per heavy atom. The maximum atomic E-state index is 11.1. The number of hydrogen-bond donors (Lipinski definition) is 1. The second kappa shape index (κ2) is 6.27. The number of benzene rings is 2. The molecule has 22 heavy (non-hydrogen) atoms. The van der Waals surface area contributed by atoms with Gasteiger partial charge in [-0.2, -0.15) is 8.42 Å². The fourth-order valence-electron chi connectivity index (χ4n) is 1.70. The quantitative estimate of drug-likeness (QED) is 0.396. The zero-order chi connectivity index (χ0) is 16.3. The fraction of sp³-hybridized carbons (Fsp3) is 0. The van der Waals surface area contributed by atoms with Gasteiger partial charge in [0.05, 0.1) is 9.82 Å². The Hall–Kier alpha value is -2.22. The van der Waals surface area contributed by atoms with Crippen LogP contribution in [0.1, 0.15) is 11.1 Å². The van der Waals surface area contributed by atoms with E-state index in [1.54, 1.807) is 24.3 Å². The lowest BCUT2D eigenvalue weighted by Gasteiger charge is -2.02. The van der Waals surface area contributed by atoms with E-state index < -0.39 is 15.0 Å². The van der Waals surface area contributed by atoms with E-state index in [0.717, 1.165) is 0 Å². The molecule has 0 heterocycles. The number of nitro benzene ring substituents is 1. The van der Waals surface area contributed by atoms with E-state index in [1.165, 1.54) is 30.3 Å². The minimum atomic E-state index is -4.31. The van der Waals surface area contributed by atoms with Crippen LogP contribution in [0, 0.1) is 10.1 Å². The highest BCUT2D eigenvalue weighted by atomic mass is 35.5. The molecule has 1 N–H and O–H groups in total. The van der Waals surface area contributed by atoms with Crippen LogP contribution < -0.4 is 0 Å². The average Bonchev–Trinajstić information content (AvgIpc) is 2.45. The van der Waals surface area contributed by atoms with Crippen LogP contribution in [-0.4, -0.2) is 17.9 Å². The fourth-order valence-corrected chi connectivity index (χ4v) is 2.40. The zero-order valence-corrected chi connectivity index (χ0v) is 12.6. The van der Waals surface area contributed by atoms with Crippen molar-refractivity contribution in [3.05, 3.63) is 68.7 Å². The molecule has 8 heteroatoms. The lowest BCUT2D eigenvalue weighted by atomic mass is 10.1. The van der Waals surface area contributed by atoms with E-state index in [-0.39, 0.29) is 10.6 Å². The topological polar surface area (TPSA) is 97.5 Å². The van der Waals surface area contributed by atoms with Gasteiger partial charge in [0.25, 0.3) is 15.8 Å². The van der Waals surface area contributed by atoms with Crippen LogP contribution >= 0.6 is 11.6 Å². The van der Waals surface area contributed by atoms with Crippen molar-refractivity contribution in [2.45, 2.75) is 4.90 Å². The van der Waals surface area contributed by atoms with Gasteiger partial charge in [-0.25, -0.2) is 0 Å². The Morgan fingerprint density at radius 3 is 2.27 bits per heavy atom. The Bertz CT molecular complexity index is 844. The summed E-state index contributed by atoms with van der Waals surface area (Å²) in [7, 11) is -4.31. The van der Waals surface area contributed by atoms with Crippen LogP contribution in [0.5, 0.6) is 0 Å². The van der Waals surface area contributed by atoms with Crippen molar-refractivity contribution in [3.63, 3.8) is 0 Å². The molecular formula is C14H10ClNO5S. The molecule has 0 saturated heterocycles. The van der Waals surface area contributed by atoms with E-state index >= 15 is 0 Å². The van der Waals surface area contributed by atoms with Gasteiger partial charge in [0.1, 0.15) is 0 Å². The molecule has 2 aromatic carbocycles. The van der Waals surface area contributed by atoms with Crippen LogP contribution in [0.3, 0.4) is 0 Å². The van der Waals surface area contributed by atoms with Crippen molar-refractivity contribution in [2.75, 3.05) is 0 Å². The van der Waals surface area contributed by atoms with Gasteiger partial charge in [0, 0.05) is 17.2 Å². The maximum Gasteiger partial charge on any atom is 0.294 e. The van der Waals surface area contributed by atoms with E-state index in [2.05, 4.69) is 0 Å². The molecule has 0 aromatic heterocycles. The average molecular weight is 340 g/mol. The SMILES string of the molecule is O=[N+]([O-])c1ccc(C=Cc2cc(S(=O)(=O)O)ccc2Cl)cc1. The number of nitro groups is 1. The Balaban J connectivity index is 2.31. The molecule has 0 bridgehead atoms. The summed E-state index contributed by atoms with van der Waals surface area (Å²) in [6.45, 7) is 0. The monoisotopic (exact) mass is 339 g/mol. The van der Waals surface area contributed by atoms with Crippen LogP contribution in [0.2, 0.25) is 5.02 Å². The van der Waals surface area contributed by atoms with E-state index in [1.807, 2.05) is 0 Å². The summed E-state index contributed by atoms with van der Waals surface area (Å²) in [6.07, 6.45) is 3.18. The highest BCUT2D eigenvalue weighted by Crippen LogP contribution is 2.23. The van der Waals surface area contributed by atoms with Gasteiger partial charge in [-0.15, -0.1) is 0 Å². The minimum Gasteiger partial charge on any atom is -0.282 e. The van der Waals surface area contributed by atoms with Crippen LogP contribution in [-0.2, 0) is 10.1 Å². The van der Waals surface area contributed by atoms with Gasteiger partial charge in [0.15, 0.2) is 0 Å². The van der Waals surface area contributed by atoms with Gasteiger partial charge < -0.3 is 0 Å². The van der Waals surface area contributed by atoms with E-state index in [4.69, 9.17) is 16.2 Å². The molecule has 6 nitrogen and oxygen atoms in total. The van der Waals surface area contributed by atoms with Gasteiger partial charge in [-0.3, -0.25) is 14.7 Å². The smallest absolute Gasteiger partial charge is 0.282 e. The van der Waals surface area contributed by atoms with Crippen LogP contribution in [0.4, 0.5) is 5.69 Å². The Kier molecular flexibility index (Phi) is 4.60. The molecule has 0 saturated carbocycles. The largest absolute Gasteiger partial charge is 0.294 e. The second-order valence-electron chi connectivity index (χ2n) is 4.34. The third-order valence-electron chi connectivity index (χ3n) is 2.82. The first-order chi connectivity index (χ1) is 10.3. The molecule has 0 aliphatic carbocycles. The van der Waals surface area contributed by atoms with Crippen molar-refractivity contribution in [3.8, 4) is 0 Å². The number of halogens is 1. The number of hydrogen-bond acceptors (Lipinski definition) is 4. The molecule has 0 atom stereocenters. The first-order valence-corrected chi connectivity index (χ1v) is 7.79. The number of rotatable bonds is 4. The summed E-state index contributed by atoms with van der Waals surface area (Å²) in [5.41, 5.74) is 1.05. The maximum absolute atomic E-state index is 11.1. The molecular weight excluding hydrogens is 330 g/mol. The molecule has 0 aliphatic rings. The zero-order valence-electron chi connectivity index (χ0n) is 11.0. The second-order valence-corrected chi connectivity index (χ2v) is 6.17. The molecule has 0 fully saturated rings. The molecule has 0 aliphatic heterocycles. The van der Waals surface area contributed by atoms with Crippen molar-refractivity contribution in [2.24, 2.45) is 0 Å². The van der Waals surface area contributed by atoms with Crippen LogP contribution in [0.15, 0.2) is 47.4 Å². The van der Waals surface area contributed by atoms with Gasteiger partial charge >= 0.3 is 0 Å². The lowest BCUT2D eigenvalue weighted by Crippen LogP contribution is -1.98. The first-order valence-electron chi connectivity index (χ1n) is 5.97. The summed E-state index contributed by atoms with van der Waals surface area (Å²) in [5.74, 6) is 0. The summed E-state index contributed by atoms with van der Waals surface area (Å²) in [4.78, 5) is 9.79. The molecule has 0 radical (unpaired) electrons. The van der Waals surface area contributed by atoms with Crippen LogP contribution in [0.25, 0.3) is 12.2 Å². The normalized spacial score (nSPS) is 11.7. The minimum absolute atomic E-state index is 0.0245. The predicted octanol–water partition coefficient (Wildman–Crippen LogP) is 3.67. The van der Waals surface area contributed by atoms with Crippen molar-refractivity contribution < 1.29 is 17.9 Å². The van der Waals surface area contributed by atoms with Gasteiger partial charge in [-0.05, 0) is 41.5 Å². The first kappa shape index (κ1) is 16.2.